The second-order valence-electron chi connectivity index (χ2n) is 5.49. The fourth-order valence-corrected chi connectivity index (χ4v) is 2.12. The first-order valence-electron chi connectivity index (χ1n) is 7.09. The van der Waals surface area contributed by atoms with Gasteiger partial charge in [0.2, 0.25) is 0 Å². The summed E-state index contributed by atoms with van der Waals surface area (Å²) < 4.78 is 5.31. The Bertz CT molecular complexity index is 310. The topological polar surface area (TPSA) is 67.4 Å². The Balaban J connectivity index is 2.33. The molecule has 0 radical (unpaired) electrons. The SMILES string of the molecule is CCC(=O)CCCNC(C)(C)C(=O)C1COCCN1. The molecule has 1 fully saturated rings. The van der Waals surface area contributed by atoms with E-state index in [0.29, 0.717) is 32.6 Å². The predicted molar refractivity (Wildman–Crippen MR) is 74.2 cm³/mol. The Morgan fingerprint density at radius 1 is 1.42 bits per heavy atom. The highest BCUT2D eigenvalue weighted by Crippen LogP contribution is 2.10. The summed E-state index contributed by atoms with van der Waals surface area (Å²) in [5.41, 5.74) is -0.590. The van der Waals surface area contributed by atoms with Crippen molar-refractivity contribution in [2.24, 2.45) is 0 Å². The third-order valence-corrected chi connectivity index (χ3v) is 3.45. The minimum Gasteiger partial charge on any atom is -0.378 e. The average molecular weight is 270 g/mol. The van der Waals surface area contributed by atoms with Crippen molar-refractivity contribution >= 4 is 11.6 Å². The summed E-state index contributed by atoms with van der Waals surface area (Å²) in [6, 6.07) is -0.228. The molecule has 0 saturated carbocycles. The largest absolute Gasteiger partial charge is 0.378 e. The molecule has 1 aliphatic heterocycles. The number of morpholine rings is 1. The highest BCUT2D eigenvalue weighted by Gasteiger charge is 2.34. The van der Waals surface area contributed by atoms with Crippen molar-refractivity contribution in [3.8, 4) is 0 Å². The van der Waals surface area contributed by atoms with E-state index >= 15 is 0 Å². The molecule has 0 bridgehead atoms. The van der Waals surface area contributed by atoms with E-state index in [9.17, 15) is 9.59 Å². The van der Waals surface area contributed by atoms with Gasteiger partial charge in [0.05, 0.1) is 24.8 Å². The molecule has 0 aromatic heterocycles. The number of carbonyl (C=O) groups is 2. The second kappa shape index (κ2) is 7.72. The molecule has 1 rings (SSSR count). The smallest absolute Gasteiger partial charge is 0.171 e. The molecule has 1 heterocycles. The van der Waals surface area contributed by atoms with Crippen LogP contribution in [0.3, 0.4) is 0 Å². The maximum Gasteiger partial charge on any atom is 0.171 e. The van der Waals surface area contributed by atoms with Crippen molar-refractivity contribution < 1.29 is 14.3 Å². The van der Waals surface area contributed by atoms with E-state index in [1.54, 1.807) is 0 Å². The van der Waals surface area contributed by atoms with Crippen molar-refractivity contribution in [3.05, 3.63) is 0 Å². The van der Waals surface area contributed by atoms with Crippen LogP contribution in [0.15, 0.2) is 0 Å². The molecule has 110 valence electrons. The van der Waals surface area contributed by atoms with Crippen LogP contribution in [0.25, 0.3) is 0 Å². The fourth-order valence-electron chi connectivity index (χ4n) is 2.12. The summed E-state index contributed by atoms with van der Waals surface area (Å²) in [6.45, 7) is 8.14. The standard InChI is InChI=1S/C14H26N2O3/c1-4-11(17)6-5-7-16-14(2,3)13(18)12-10-19-9-8-15-12/h12,15-16H,4-10H2,1-3H3. The van der Waals surface area contributed by atoms with Crippen LogP contribution in [-0.4, -0.2) is 49.5 Å². The lowest BCUT2D eigenvalue weighted by Gasteiger charge is -2.32. The van der Waals surface area contributed by atoms with Crippen LogP contribution in [0.1, 0.15) is 40.0 Å². The molecule has 2 N–H and O–H groups in total. The van der Waals surface area contributed by atoms with Crippen LogP contribution >= 0.6 is 0 Å². The Morgan fingerprint density at radius 3 is 2.74 bits per heavy atom. The van der Waals surface area contributed by atoms with E-state index < -0.39 is 5.54 Å². The Morgan fingerprint density at radius 2 is 2.16 bits per heavy atom. The summed E-state index contributed by atoms with van der Waals surface area (Å²) in [6.07, 6.45) is 1.95. The first-order chi connectivity index (χ1) is 8.97. The van der Waals surface area contributed by atoms with E-state index in [-0.39, 0.29) is 17.6 Å². The van der Waals surface area contributed by atoms with Gasteiger partial charge in [0.15, 0.2) is 5.78 Å². The number of hydrogen-bond acceptors (Lipinski definition) is 5. The van der Waals surface area contributed by atoms with E-state index in [1.807, 2.05) is 20.8 Å². The van der Waals surface area contributed by atoms with Gasteiger partial charge in [-0.3, -0.25) is 9.59 Å². The number of Topliss-reactive ketones (excluding diaryl/α,β-unsaturated/α-hetero) is 2. The van der Waals surface area contributed by atoms with Crippen LogP contribution in [0.5, 0.6) is 0 Å². The lowest BCUT2D eigenvalue weighted by atomic mass is 9.93. The van der Waals surface area contributed by atoms with Gasteiger partial charge in [-0.1, -0.05) is 6.92 Å². The molecular formula is C14H26N2O3. The number of ether oxygens (including phenoxy) is 1. The molecule has 19 heavy (non-hydrogen) atoms. The van der Waals surface area contributed by atoms with Crippen molar-refractivity contribution in [2.45, 2.75) is 51.6 Å². The Labute approximate surface area is 115 Å². The highest BCUT2D eigenvalue weighted by molar-refractivity contribution is 5.92. The van der Waals surface area contributed by atoms with Crippen molar-refractivity contribution in [2.75, 3.05) is 26.3 Å². The summed E-state index contributed by atoms with van der Waals surface area (Å²) in [4.78, 5) is 23.5. The highest BCUT2D eigenvalue weighted by atomic mass is 16.5. The molecule has 5 nitrogen and oxygen atoms in total. The normalized spacial score (nSPS) is 20.3. The van der Waals surface area contributed by atoms with Gasteiger partial charge in [0.1, 0.15) is 5.78 Å². The molecule has 0 aromatic rings. The zero-order valence-electron chi connectivity index (χ0n) is 12.3. The van der Waals surface area contributed by atoms with Gasteiger partial charge in [0.25, 0.3) is 0 Å². The van der Waals surface area contributed by atoms with E-state index in [1.165, 1.54) is 0 Å². The molecule has 1 saturated heterocycles. The number of ketones is 2. The minimum absolute atomic E-state index is 0.119. The fraction of sp³-hybridized carbons (Fsp3) is 0.857. The minimum atomic E-state index is -0.590. The zero-order valence-corrected chi connectivity index (χ0v) is 12.3. The lowest BCUT2D eigenvalue weighted by Crippen LogP contribution is -2.58. The van der Waals surface area contributed by atoms with Crippen molar-refractivity contribution in [3.63, 3.8) is 0 Å². The van der Waals surface area contributed by atoms with E-state index in [0.717, 1.165) is 13.0 Å². The molecule has 5 heteroatoms. The van der Waals surface area contributed by atoms with Crippen LogP contribution in [0, 0.1) is 0 Å². The molecule has 0 spiro atoms. The Hall–Kier alpha value is -0.780. The summed E-state index contributed by atoms with van der Waals surface area (Å²) in [5.74, 6) is 0.391. The molecule has 0 aliphatic carbocycles. The second-order valence-corrected chi connectivity index (χ2v) is 5.49. The molecular weight excluding hydrogens is 244 g/mol. The lowest BCUT2D eigenvalue weighted by molar-refractivity contribution is -0.129. The molecule has 1 aliphatic rings. The maximum atomic E-state index is 12.3. The van der Waals surface area contributed by atoms with Gasteiger partial charge >= 0.3 is 0 Å². The van der Waals surface area contributed by atoms with Crippen molar-refractivity contribution in [1.82, 2.24) is 10.6 Å². The van der Waals surface area contributed by atoms with Gasteiger partial charge < -0.3 is 15.4 Å². The summed E-state index contributed by atoms with van der Waals surface area (Å²) in [5, 5.41) is 6.41. The van der Waals surface area contributed by atoms with Gasteiger partial charge in [-0.05, 0) is 26.8 Å². The van der Waals surface area contributed by atoms with Crippen LogP contribution < -0.4 is 10.6 Å². The van der Waals surface area contributed by atoms with E-state index in [4.69, 9.17) is 4.74 Å². The summed E-state index contributed by atoms with van der Waals surface area (Å²) in [7, 11) is 0. The Kier molecular flexibility index (Phi) is 6.62. The first kappa shape index (κ1) is 16.3. The third kappa shape index (κ3) is 5.38. The first-order valence-corrected chi connectivity index (χ1v) is 7.09. The quantitative estimate of drug-likeness (QED) is 0.635. The monoisotopic (exact) mass is 270 g/mol. The van der Waals surface area contributed by atoms with Gasteiger partial charge in [-0.15, -0.1) is 0 Å². The number of carbonyl (C=O) groups excluding carboxylic acids is 2. The average Bonchev–Trinajstić information content (AvgIpc) is 2.43. The number of nitrogens with one attached hydrogen (secondary N) is 2. The summed E-state index contributed by atoms with van der Waals surface area (Å²) >= 11 is 0. The predicted octanol–water partition coefficient (Wildman–Crippen LogP) is 0.671. The molecule has 1 atom stereocenters. The van der Waals surface area contributed by atoms with Crippen molar-refractivity contribution in [1.29, 1.82) is 0 Å². The third-order valence-electron chi connectivity index (χ3n) is 3.45. The van der Waals surface area contributed by atoms with E-state index in [2.05, 4.69) is 10.6 Å². The van der Waals surface area contributed by atoms with Gasteiger partial charge in [-0.25, -0.2) is 0 Å². The van der Waals surface area contributed by atoms with Crippen LogP contribution in [0.4, 0.5) is 0 Å². The maximum absolute atomic E-state index is 12.3. The van der Waals surface area contributed by atoms with Crippen LogP contribution in [-0.2, 0) is 14.3 Å². The zero-order chi connectivity index (χ0) is 14.3. The molecule has 0 amide bonds. The molecule has 0 aromatic carbocycles. The number of rotatable bonds is 8. The van der Waals surface area contributed by atoms with Crippen LogP contribution in [0.2, 0.25) is 0 Å². The van der Waals surface area contributed by atoms with Gasteiger partial charge in [-0.2, -0.15) is 0 Å². The van der Waals surface area contributed by atoms with Gasteiger partial charge in [0, 0.05) is 19.4 Å². The number of hydrogen-bond donors (Lipinski definition) is 2. The molecule has 1 unspecified atom stereocenters.